The van der Waals surface area contributed by atoms with Gasteiger partial charge < -0.3 is 14.5 Å². The van der Waals surface area contributed by atoms with Crippen LogP contribution in [0.2, 0.25) is 0 Å². The summed E-state index contributed by atoms with van der Waals surface area (Å²) < 4.78 is 6.61. The fourth-order valence-corrected chi connectivity index (χ4v) is 7.02. The molecular formula is C34H57N2O2+. The second-order valence-corrected chi connectivity index (χ2v) is 14.2. The molecule has 6 atom stereocenters. The predicted octanol–water partition coefficient (Wildman–Crippen LogP) is 8.08. The van der Waals surface area contributed by atoms with Crippen molar-refractivity contribution in [2.45, 2.75) is 92.1 Å². The van der Waals surface area contributed by atoms with Gasteiger partial charge in [-0.25, -0.2) is 4.79 Å². The summed E-state index contributed by atoms with van der Waals surface area (Å²) in [5, 5.41) is 2.92. The van der Waals surface area contributed by atoms with Crippen LogP contribution in [0.5, 0.6) is 0 Å². The number of ether oxygens (including phenoxy) is 1. The fourth-order valence-electron chi connectivity index (χ4n) is 7.02. The average molecular weight is 526 g/mol. The Kier molecular flexibility index (Phi) is 10.5. The Balaban J connectivity index is 1.64. The minimum absolute atomic E-state index is 0.0670. The standard InChI is InChI=1S/C34H56N2O2/c1-24(2)25(3)12-13-27(5)31-18-19-32-28(11-10-20-34(31,32)6)15-16-29-23-30(17-14-26(29)4)38-33(37)35-21-22-36(7,8)9/h12-13,15-16,24-25,27,30-32H,4,10-11,14,17-23H2,1-3,5-9H3/p+1/b13-12+,28-15+,29-16-/t25-,27+,30-,31+,32-,34+/m0/s1. The molecule has 3 aliphatic carbocycles. The van der Waals surface area contributed by atoms with Gasteiger partial charge in [-0.15, -0.1) is 0 Å². The number of likely N-dealkylation sites (N-methyl/N-ethyl adjacent to an activating group) is 1. The number of carbonyl (C=O) groups is 1. The maximum Gasteiger partial charge on any atom is 0.407 e. The normalized spacial score (nSPS) is 32.1. The maximum absolute atomic E-state index is 12.4. The number of nitrogens with one attached hydrogen (secondary N) is 1. The lowest BCUT2D eigenvalue weighted by molar-refractivity contribution is -0.869. The Morgan fingerprint density at radius 2 is 1.84 bits per heavy atom. The Labute approximate surface area is 234 Å². The Morgan fingerprint density at radius 1 is 1.11 bits per heavy atom. The number of nitrogens with zero attached hydrogens (tertiary/aromatic N) is 1. The third-order valence-corrected chi connectivity index (χ3v) is 9.94. The van der Waals surface area contributed by atoms with Gasteiger partial charge in [-0.3, -0.25) is 0 Å². The van der Waals surface area contributed by atoms with Crippen LogP contribution in [0.4, 0.5) is 4.79 Å². The summed E-state index contributed by atoms with van der Waals surface area (Å²) in [6.07, 6.45) is 18.4. The molecule has 0 aromatic heterocycles. The van der Waals surface area contributed by atoms with Crippen molar-refractivity contribution in [1.29, 1.82) is 0 Å². The van der Waals surface area contributed by atoms with Gasteiger partial charge in [0.05, 0.1) is 34.2 Å². The number of rotatable bonds is 9. The lowest BCUT2D eigenvalue weighted by Gasteiger charge is -2.44. The van der Waals surface area contributed by atoms with E-state index in [1.807, 2.05) is 0 Å². The van der Waals surface area contributed by atoms with Crippen LogP contribution in [0.1, 0.15) is 86.0 Å². The molecule has 3 aliphatic rings. The van der Waals surface area contributed by atoms with Gasteiger partial charge in [-0.05, 0) is 85.5 Å². The summed E-state index contributed by atoms with van der Waals surface area (Å²) in [5.41, 5.74) is 4.49. The third-order valence-electron chi connectivity index (χ3n) is 9.94. The topological polar surface area (TPSA) is 38.3 Å². The predicted molar refractivity (Wildman–Crippen MR) is 161 cm³/mol. The van der Waals surface area contributed by atoms with Crippen molar-refractivity contribution in [2.24, 2.45) is 35.0 Å². The van der Waals surface area contributed by atoms with Crippen LogP contribution in [-0.2, 0) is 4.74 Å². The zero-order chi connectivity index (χ0) is 28.1. The number of hydrogen-bond donors (Lipinski definition) is 1. The van der Waals surface area contributed by atoms with Crippen LogP contribution >= 0.6 is 0 Å². The molecule has 0 aromatic rings. The summed E-state index contributed by atoms with van der Waals surface area (Å²) in [6.45, 7) is 17.9. The molecule has 1 amide bonds. The summed E-state index contributed by atoms with van der Waals surface area (Å²) in [6, 6.07) is 0. The Bertz CT molecular complexity index is 921. The summed E-state index contributed by atoms with van der Waals surface area (Å²) in [4.78, 5) is 12.4. The zero-order valence-corrected chi connectivity index (χ0v) is 25.8. The molecule has 0 aliphatic heterocycles. The van der Waals surface area contributed by atoms with E-state index in [0.29, 0.717) is 35.6 Å². The smallest absolute Gasteiger partial charge is 0.407 e. The lowest BCUT2D eigenvalue weighted by atomic mass is 9.61. The van der Waals surface area contributed by atoms with E-state index < -0.39 is 0 Å². The SMILES string of the molecule is C=C1CC[C@H](OC(=O)NCC[N+](C)(C)C)C/C1=C/C=C1\CCC[C@]2(C)[C@@H]([C@H](C)/C=C/[C@H](C)C(C)C)CC[C@@H]12. The first kappa shape index (κ1) is 30.7. The van der Waals surface area contributed by atoms with Crippen molar-refractivity contribution in [3.8, 4) is 0 Å². The van der Waals surface area contributed by atoms with Crippen LogP contribution in [0.3, 0.4) is 0 Å². The molecule has 0 bridgehead atoms. The summed E-state index contributed by atoms with van der Waals surface area (Å²) >= 11 is 0. The first-order chi connectivity index (χ1) is 17.8. The van der Waals surface area contributed by atoms with E-state index in [1.54, 1.807) is 5.57 Å². The van der Waals surface area contributed by atoms with Gasteiger partial charge >= 0.3 is 6.09 Å². The first-order valence-electron chi connectivity index (χ1n) is 15.3. The Hall–Kier alpha value is -1.81. The molecule has 0 aromatic carbocycles. The van der Waals surface area contributed by atoms with Crippen LogP contribution in [-0.4, -0.2) is 50.9 Å². The van der Waals surface area contributed by atoms with Gasteiger partial charge in [-0.2, -0.15) is 0 Å². The quantitative estimate of drug-likeness (QED) is 0.244. The molecule has 0 heterocycles. The van der Waals surface area contributed by atoms with Gasteiger partial charge in [0, 0.05) is 6.42 Å². The first-order valence-corrected chi connectivity index (χ1v) is 15.3. The van der Waals surface area contributed by atoms with Crippen molar-refractivity contribution >= 4 is 6.09 Å². The molecule has 0 saturated heterocycles. The molecule has 0 radical (unpaired) electrons. The van der Waals surface area contributed by atoms with E-state index in [0.717, 1.165) is 36.2 Å². The molecule has 3 fully saturated rings. The molecule has 3 rings (SSSR count). The van der Waals surface area contributed by atoms with Crippen LogP contribution in [0, 0.1) is 35.0 Å². The van der Waals surface area contributed by atoms with E-state index >= 15 is 0 Å². The Morgan fingerprint density at radius 3 is 2.53 bits per heavy atom. The van der Waals surface area contributed by atoms with Crippen molar-refractivity contribution in [1.82, 2.24) is 5.32 Å². The van der Waals surface area contributed by atoms with Crippen LogP contribution < -0.4 is 5.32 Å². The van der Waals surface area contributed by atoms with Gasteiger partial charge in [0.2, 0.25) is 0 Å². The number of alkyl carbamates (subject to hydrolysis) is 1. The lowest BCUT2D eigenvalue weighted by Crippen LogP contribution is -2.42. The van der Waals surface area contributed by atoms with Crippen molar-refractivity contribution in [3.63, 3.8) is 0 Å². The van der Waals surface area contributed by atoms with Crippen LogP contribution in [0.25, 0.3) is 0 Å². The van der Waals surface area contributed by atoms with Gasteiger partial charge in [0.25, 0.3) is 0 Å². The molecule has 4 heteroatoms. The average Bonchev–Trinajstić information content (AvgIpc) is 3.19. The highest BCUT2D eigenvalue weighted by molar-refractivity contribution is 5.67. The van der Waals surface area contributed by atoms with Gasteiger partial charge in [0.1, 0.15) is 6.10 Å². The van der Waals surface area contributed by atoms with Crippen molar-refractivity contribution < 1.29 is 14.0 Å². The van der Waals surface area contributed by atoms with E-state index in [2.05, 4.69) is 92.0 Å². The minimum atomic E-state index is -0.292. The largest absolute Gasteiger partial charge is 0.446 e. The molecule has 0 unspecified atom stereocenters. The second kappa shape index (κ2) is 13.0. The molecule has 4 nitrogen and oxygen atoms in total. The number of hydrogen-bond acceptors (Lipinski definition) is 2. The summed E-state index contributed by atoms with van der Waals surface area (Å²) in [5.74, 6) is 3.42. The highest BCUT2D eigenvalue weighted by Crippen LogP contribution is 2.59. The van der Waals surface area contributed by atoms with Crippen molar-refractivity contribution in [2.75, 3.05) is 34.2 Å². The molecule has 214 valence electrons. The van der Waals surface area contributed by atoms with Gasteiger partial charge in [0.15, 0.2) is 0 Å². The number of quaternary nitrogens is 1. The maximum atomic E-state index is 12.4. The third kappa shape index (κ3) is 8.10. The molecule has 0 spiro atoms. The van der Waals surface area contributed by atoms with E-state index in [4.69, 9.17) is 4.74 Å². The number of amides is 1. The summed E-state index contributed by atoms with van der Waals surface area (Å²) in [7, 11) is 6.37. The molecular weight excluding hydrogens is 468 g/mol. The van der Waals surface area contributed by atoms with Crippen molar-refractivity contribution in [3.05, 3.63) is 47.6 Å². The fraction of sp³-hybridized carbons (Fsp3) is 0.735. The molecule has 1 N–H and O–H groups in total. The van der Waals surface area contributed by atoms with Gasteiger partial charge in [-0.1, -0.05) is 76.6 Å². The zero-order valence-electron chi connectivity index (χ0n) is 25.8. The highest BCUT2D eigenvalue weighted by Gasteiger charge is 2.50. The minimum Gasteiger partial charge on any atom is -0.446 e. The number of carbonyl (C=O) groups excluding carboxylic acids is 1. The monoisotopic (exact) mass is 525 g/mol. The highest BCUT2D eigenvalue weighted by atomic mass is 16.6. The van der Waals surface area contributed by atoms with Crippen LogP contribution in [0.15, 0.2) is 47.6 Å². The number of fused-ring (bicyclic) bond motifs is 1. The molecule has 38 heavy (non-hydrogen) atoms. The van der Waals surface area contributed by atoms with E-state index in [-0.39, 0.29) is 12.2 Å². The molecule has 3 saturated carbocycles. The second-order valence-electron chi connectivity index (χ2n) is 14.2. The number of allylic oxidation sites excluding steroid dienone is 6. The van der Waals surface area contributed by atoms with E-state index in [1.165, 1.54) is 43.3 Å². The van der Waals surface area contributed by atoms with E-state index in [9.17, 15) is 4.79 Å².